The van der Waals surface area contributed by atoms with E-state index in [1.165, 1.54) is 58.4 Å². The van der Waals surface area contributed by atoms with Crippen molar-refractivity contribution < 1.29 is 0 Å². The molecule has 0 heterocycles. The normalized spacial score (nSPS) is 11.6. The van der Waals surface area contributed by atoms with E-state index in [9.17, 15) is 0 Å². The van der Waals surface area contributed by atoms with Gasteiger partial charge < -0.3 is 15.1 Å². The highest BCUT2D eigenvalue weighted by Crippen LogP contribution is 1.93. The molecular weight excluding hydrogens is 210 g/mol. The minimum absolute atomic E-state index is 1.14. The summed E-state index contributed by atoms with van der Waals surface area (Å²) in [4.78, 5) is 4.80. The minimum Gasteiger partial charge on any atom is -0.315 e. The lowest BCUT2D eigenvalue weighted by molar-refractivity contribution is 0.266. The standard InChI is InChI=1S/C14H33N3/c1-5-7-8-10-15-11-14-17(6-2)13-9-12-16(3)4/h15H,5-14H2,1-4H3. The SMILES string of the molecule is CCCCCNCCN(CC)CCCN(C)C. The molecule has 0 saturated carbocycles. The quantitative estimate of drug-likeness (QED) is 0.529. The van der Waals surface area contributed by atoms with Crippen LogP contribution in [-0.2, 0) is 0 Å². The predicted octanol–water partition coefficient (Wildman–Crippen LogP) is 2.04. The first-order chi connectivity index (χ1) is 8.20. The summed E-state index contributed by atoms with van der Waals surface area (Å²) in [6, 6.07) is 0. The summed E-state index contributed by atoms with van der Waals surface area (Å²) in [6.07, 6.45) is 5.26. The Bertz CT molecular complexity index is 148. The van der Waals surface area contributed by atoms with E-state index < -0.39 is 0 Å². The van der Waals surface area contributed by atoms with Gasteiger partial charge in [0.2, 0.25) is 0 Å². The van der Waals surface area contributed by atoms with Crippen molar-refractivity contribution in [1.29, 1.82) is 0 Å². The summed E-state index contributed by atoms with van der Waals surface area (Å²) in [5.41, 5.74) is 0. The average Bonchev–Trinajstić information content (AvgIpc) is 2.30. The molecule has 0 aromatic heterocycles. The second kappa shape index (κ2) is 12.3. The molecule has 0 rings (SSSR count). The van der Waals surface area contributed by atoms with Gasteiger partial charge in [0, 0.05) is 13.1 Å². The van der Waals surface area contributed by atoms with Crippen molar-refractivity contribution in [3.63, 3.8) is 0 Å². The molecule has 0 aliphatic carbocycles. The number of rotatable bonds is 12. The first kappa shape index (κ1) is 16.9. The van der Waals surface area contributed by atoms with Gasteiger partial charge in [-0.15, -0.1) is 0 Å². The fourth-order valence-corrected chi connectivity index (χ4v) is 1.90. The predicted molar refractivity (Wildman–Crippen MR) is 77.7 cm³/mol. The Kier molecular flexibility index (Phi) is 12.3. The number of nitrogens with zero attached hydrogens (tertiary/aromatic N) is 2. The maximum Gasteiger partial charge on any atom is 0.0107 e. The molecule has 3 nitrogen and oxygen atoms in total. The van der Waals surface area contributed by atoms with Gasteiger partial charge in [0.25, 0.3) is 0 Å². The van der Waals surface area contributed by atoms with Gasteiger partial charge in [0.05, 0.1) is 0 Å². The zero-order valence-electron chi connectivity index (χ0n) is 12.5. The molecule has 17 heavy (non-hydrogen) atoms. The highest BCUT2D eigenvalue weighted by Gasteiger charge is 2.01. The first-order valence-electron chi connectivity index (χ1n) is 7.28. The van der Waals surface area contributed by atoms with Gasteiger partial charge in [0.15, 0.2) is 0 Å². The van der Waals surface area contributed by atoms with E-state index in [1.54, 1.807) is 0 Å². The van der Waals surface area contributed by atoms with E-state index in [1.807, 2.05) is 0 Å². The van der Waals surface area contributed by atoms with E-state index in [0.717, 1.165) is 6.54 Å². The fraction of sp³-hybridized carbons (Fsp3) is 1.00. The van der Waals surface area contributed by atoms with E-state index in [0.29, 0.717) is 0 Å². The maximum atomic E-state index is 3.53. The summed E-state index contributed by atoms with van der Waals surface area (Å²) < 4.78 is 0. The molecule has 1 N–H and O–H groups in total. The number of likely N-dealkylation sites (N-methyl/N-ethyl adjacent to an activating group) is 1. The Balaban J connectivity index is 3.35. The van der Waals surface area contributed by atoms with Gasteiger partial charge in [-0.2, -0.15) is 0 Å². The van der Waals surface area contributed by atoms with E-state index in [-0.39, 0.29) is 0 Å². The van der Waals surface area contributed by atoms with Crippen LogP contribution in [-0.4, -0.2) is 63.2 Å². The summed E-state index contributed by atoms with van der Waals surface area (Å²) in [5.74, 6) is 0. The Morgan fingerprint density at radius 3 is 2.18 bits per heavy atom. The molecular formula is C14H33N3. The van der Waals surface area contributed by atoms with Crippen molar-refractivity contribution in [3.8, 4) is 0 Å². The second-order valence-corrected chi connectivity index (χ2v) is 5.05. The monoisotopic (exact) mass is 243 g/mol. The van der Waals surface area contributed by atoms with Crippen LogP contribution < -0.4 is 5.32 Å². The highest BCUT2D eigenvalue weighted by molar-refractivity contribution is 4.59. The van der Waals surface area contributed by atoms with Gasteiger partial charge in [-0.25, -0.2) is 0 Å². The van der Waals surface area contributed by atoms with Crippen LogP contribution >= 0.6 is 0 Å². The molecule has 0 aromatic rings. The number of unbranched alkanes of at least 4 members (excludes halogenated alkanes) is 2. The van der Waals surface area contributed by atoms with Gasteiger partial charge >= 0.3 is 0 Å². The largest absolute Gasteiger partial charge is 0.315 e. The third kappa shape index (κ3) is 12.1. The third-order valence-electron chi connectivity index (χ3n) is 3.09. The molecule has 0 amide bonds. The molecule has 0 aliphatic rings. The topological polar surface area (TPSA) is 18.5 Å². The molecule has 0 aliphatic heterocycles. The molecule has 0 bridgehead atoms. The van der Waals surface area contributed by atoms with Gasteiger partial charge in [0.1, 0.15) is 0 Å². The highest BCUT2D eigenvalue weighted by atomic mass is 15.1. The van der Waals surface area contributed by atoms with Crippen LogP contribution in [0.3, 0.4) is 0 Å². The molecule has 0 radical (unpaired) electrons. The van der Waals surface area contributed by atoms with Crippen LogP contribution in [0, 0.1) is 0 Å². The fourth-order valence-electron chi connectivity index (χ4n) is 1.90. The average molecular weight is 243 g/mol. The maximum absolute atomic E-state index is 3.53. The summed E-state index contributed by atoms with van der Waals surface area (Å²) in [7, 11) is 4.29. The molecule has 0 spiro atoms. The molecule has 0 saturated heterocycles. The Labute approximate surface area is 109 Å². The zero-order chi connectivity index (χ0) is 12.9. The molecule has 104 valence electrons. The molecule has 0 aromatic carbocycles. The Morgan fingerprint density at radius 1 is 0.824 bits per heavy atom. The third-order valence-corrected chi connectivity index (χ3v) is 3.09. The molecule has 3 heteroatoms. The number of nitrogens with one attached hydrogen (secondary N) is 1. The van der Waals surface area contributed by atoms with Crippen LogP contribution in [0.25, 0.3) is 0 Å². The number of hydrogen-bond donors (Lipinski definition) is 1. The lowest BCUT2D eigenvalue weighted by Gasteiger charge is -2.21. The number of hydrogen-bond acceptors (Lipinski definition) is 3. The Morgan fingerprint density at radius 2 is 1.59 bits per heavy atom. The van der Waals surface area contributed by atoms with Crippen molar-refractivity contribution in [2.45, 2.75) is 39.5 Å². The summed E-state index contributed by atoms with van der Waals surface area (Å²) >= 11 is 0. The van der Waals surface area contributed by atoms with E-state index in [4.69, 9.17) is 0 Å². The van der Waals surface area contributed by atoms with Crippen LogP contribution in [0.5, 0.6) is 0 Å². The van der Waals surface area contributed by atoms with Crippen molar-refractivity contribution in [2.75, 3.05) is 53.4 Å². The molecule has 0 fully saturated rings. The van der Waals surface area contributed by atoms with Crippen molar-refractivity contribution in [2.24, 2.45) is 0 Å². The van der Waals surface area contributed by atoms with E-state index >= 15 is 0 Å². The minimum atomic E-state index is 1.14. The first-order valence-corrected chi connectivity index (χ1v) is 7.28. The van der Waals surface area contributed by atoms with Crippen LogP contribution in [0.4, 0.5) is 0 Å². The summed E-state index contributed by atoms with van der Waals surface area (Å²) in [6.45, 7) is 11.6. The lowest BCUT2D eigenvalue weighted by atomic mass is 10.2. The smallest absolute Gasteiger partial charge is 0.0107 e. The molecule has 0 unspecified atom stereocenters. The summed E-state index contributed by atoms with van der Waals surface area (Å²) in [5, 5.41) is 3.53. The van der Waals surface area contributed by atoms with Crippen molar-refractivity contribution in [3.05, 3.63) is 0 Å². The van der Waals surface area contributed by atoms with Gasteiger partial charge in [-0.1, -0.05) is 26.7 Å². The second-order valence-electron chi connectivity index (χ2n) is 5.05. The van der Waals surface area contributed by atoms with Gasteiger partial charge in [-0.05, 0) is 53.1 Å². The van der Waals surface area contributed by atoms with Crippen LogP contribution in [0.15, 0.2) is 0 Å². The van der Waals surface area contributed by atoms with Crippen LogP contribution in [0.1, 0.15) is 39.5 Å². The van der Waals surface area contributed by atoms with Crippen molar-refractivity contribution in [1.82, 2.24) is 15.1 Å². The van der Waals surface area contributed by atoms with Crippen molar-refractivity contribution >= 4 is 0 Å². The van der Waals surface area contributed by atoms with Gasteiger partial charge in [-0.3, -0.25) is 0 Å². The van der Waals surface area contributed by atoms with Crippen LogP contribution in [0.2, 0.25) is 0 Å². The Hall–Kier alpha value is -0.120. The zero-order valence-corrected chi connectivity index (χ0v) is 12.5. The molecule has 0 atom stereocenters. The lowest BCUT2D eigenvalue weighted by Crippen LogP contribution is -2.34. The van der Waals surface area contributed by atoms with E-state index in [2.05, 4.69) is 43.1 Å².